The summed E-state index contributed by atoms with van der Waals surface area (Å²) >= 11 is 0. The number of fused-ring (bicyclic) bond motifs is 1. The molecule has 0 spiro atoms. The summed E-state index contributed by atoms with van der Waals surface area (Å²) in [6.45, 7) is 3.84. The molecule has 1 aromatic heterocycles. The molecule has 0 radical (unpaired) electrons. The van der Waals surface area contributed by atoms with Gasteiger partial charge in [0.05, 0.1) is 6.42 Å². The maximum Gasteiger partial charge on any atom is 0.306 e. The molecule has 0 bridgehead atoms. The van der Waals surface area contributed by atoms with Crippen LogP contribution in [0, 0.1) is 0 Å². The Kier molecular flexibility index (Phi) is 5.26. The van der Waals surface area contributed by atoms with Gasteiger partial charge in [-0.1, -0.05) is 31.1 Å². The molecular weight excluding hydrogens is 320 g/mol. The molecule has 0 saturated carbocycles. The molecule has 0 aliphatic heterocycles. The molecule has 0 fully saturated rings. The number of ether oxygens (including phenoxy) is 1. The number of esters is 1. The van der Waals surface area contributed by atoms with E-state index in [1.54, 1.807) is 0 Å². The van der Waals surface area contributed by atoms with Gasteiger partial charge in [0.15, 0.2) is 18.2 Å². The number of benzene rings is 1. The fraction of sp³-hybridized carbons (Fsp3) is 0.474. The van der Waals surface area contributed by atoms with Crippen LogP contribution < -0.4 is 0 Å². The molecule has 3 rings (SSSR count). The number of aromatic nitrogens is 2. The highest BCUT2D eigenvalue weighted by Gasteiger charge is 2.16. The topological polar surface area (TPSA) is 82.3 Å². The average molecular weight is 342 g/mol. The Morgan fingerprint density at radius 1 is 1.20 bits per heavy atom. The van der Waals surface area contributed by atoms with E-state index >= 15 is 0 Å². The van der Waals surface area contributed by atoms with E-state index in [2.05, 4.69) is 10.1 Å². The van der Waals surface area contributed by atoms with Gasteiger partial charge < -0.3 is 9.26 Å². The Labute approximate surface area is 146 Å². The molecule has 6 heteroatoms. The molecule has 0 N–H and O–H groups in total. The summed E-state index contributed by atoms with van der Waals surface area (Å²) < 4.78 is 10.1. The van der Waals surface area contributed by atoms with Crippen molar-refractivity contribution < 1.29 is 18.8 Å². The van der Waals surface area contributed by atoms with Gasteiger partial charge in [0.1, 0.15) is 0 Å². The van der Waals surface area contributed by atoms with Crippen molar-refractivity contribution in [2.24, 2.45) is 0 Å². The highest BCUT2D eigenvalue weighted by atomic mass is 16.6. The zero-order chi connectivity index (χ0) is 17.8. The number of Topliss-reactive ketones (excluding diaryl/α,β-unsaturated/α-hetero) is 1. The van der Waals surface area contributed by atoms with Gasteiger partial charge in [-0.15, -0.1) is 0 Å². The normalized spacial score (nSPS) is 13.1. The molecule has 0 amide bonds. The predicted molar refractivity (Wildman–Crippen MR) is 90.2 cm³/mol. The quantitative estimate of drug-likeness (QED) is 0.566. The molecule has 1 aliphatic rings. The third-order valence-corrected chi connectivity index (χ3v) is 4.33. The van der Waals surface area contributed by atoms with Crippen LogP contribution in [-0.2, 0) is 29.0 Å². The minimum Gasteiger partial charge on any atom is -0.456 e. The zero-order valence-electron chi connectivity index (χ0n) is 14.6. The predicted octanol–water partition coefficient (Wildman–Crippen LogP) is 3.39. The van der Waals surface area contributed by atoms with E-state index in [1.165, 1.54) is 11.1 Å². The van der Waals surface area contributed by atoms with Gasteiger partial charge >= 0.3 is 5.97 Å². The van der Waals surface area contributed by atoms with E-state index in [0.29, 0.717) is 11.4 Å². The maximum atomic E-state index is 12.3. The monoisotopic (exact) mass is 342 g/mol. The van der Waals surface area contributed by atoms with Crippen molar-refractivity contribution in [3.8, 4) is 0 Å². The molecule has 6 nitrogen and oxygen atoms in total. The van der Waals surface area contributed by atoms with Crippen LogP contribution in [0.4, 0.5) is 0 Å². The first-order chi connectivity index (χ1) is 12.0. The Bertz CT molecular complexity index is 779. The summed E-state index contributed by atoms with van der Waals surface area (Å²) in [5, 5.41) is 3.80. The standard InChI is InChI=1S/C19H22N2O4/c1-12(2)19-20-17(25-21-19)11-24-18(23)9-8-16(22)15-7-6-13-4-3-5-14(13)10-15/h6-7,10,12H,3-5,8-9,11H2,1-2H3. The van der Waals surface area contributed by atoms with Gasteiger partial charge in [-0.05, 0) is 36.5 Å². The molecule has 1 aliphatic carbocycles. The highest BCUT2D eigenvalue weighted by molar-refractivity contribution is 5.97. The van der Waals surface area contributed by atoms with Crippen molar-refractivity contribution in [3.05, 3.63) is 46.6 Å². The van der Waals surface area contributed by atoms with Crippen LogP contribution in [0.25, 0.3) is 0 Å². The average Bonchev–Trinajstić information content (AvgIpc) is 3.26. The summed E-state index contributed by atoms with van der Waals surface area (Å²) in [6.07, 6.45) is 3.44. The lowest BCUT2D eigenvalue weighted by molar-refractivity contribution is -0.145. The summed E-state index contributed by atoms with van der Waals surface area (Å²) in [5.74, 6) is 0.517. The first-order valence-corrected chi connectivity index (χ1v) is 8.66. The van der Waals surface area contributed by atoms with E-state index in [-0.39, 0.29) is 37.0 Å². The van der Waals surface area contributed by atoms with E-state index in [0.717, 1.165) is 19.3 Å². The molecular formula is C19H22N2O4. The second-order valence-electron chi connectivity index (χ2n) is 6.62. The van der Waals surface area contributed by atoms with E-state index in [4.69, 9.17) is 9.26 Å². The number of hydrogen-bond acceptors (Lipinski definition) is 6. The number of carbonyl (C=O) groups excluding carboxylic acids is 2. The number of carbonyl (C=O) groups is 2. The SMILES string of the molecule is CC(C)c1noc(COC(=O)CCC(=O)c2ccc3c(c2)CCC3)n1. The number of nitrogens with zero attached hydrogens (tertiary/aromatic N) is 2. The van der Waals surface area contributed by atoms with E-state index in [9.17, 15) is 9.59 Å². The molecule has 1 aromatic carbocycles. The Hall–Kier alpha value is -2.50. The Morgan fingerprint density at radius 2 is 2.00 bits per heavy atom. The van der Waals surface area contributed by atoms with Crippen molar-refractivity contribution in [1.29, 1.82) is 0 Å². The summed E-state index contributed by atoms with van der Waals surface area (Å²) in [6, 6.07) is 5.83. The van der Waals surface area contributed by atoms with Crippen LogP contribution in [0.15, 0.2) is 22.7 Å². The van der Waals surface area contributed by atoms with Gasteiger partial charge in [0.2, 0.25) is 0 Å². The molecule has 0 saturated heterocycles. The van der Waals surface area contributed by atoms with Gasteiger partial charge in [-0.25, -0.2) is 0 Å². The molecule has 132 valence electrons. The van der Waals surface area contributed by atoms with E-state index in [1.807, 2.05) is 32.0 Å². The molecule has 1 heterocycles. The smallest absolute Gasteiger partial charge is 0.306 e. The Morgan fingerprint density at radius 3 is 2.76 bits per heavy atom. The van der Waals surface area contributed by atoms with Gasteiger partial charge in [-0.3, -0.25) is 9.59 Å². The fourth-order valence-electron chi connectivity index (χ4n) is 2.88. The van der Waals surface area contributed by atoms with Crippen molar-refractivity contribution >= 4 is 11.8 Å². The lowest BCUT2D eigenvalue weighted by atomic mass is 10.0. The molecule has 0 unspecified atom stereocenters. The minimum atomic E-state index is -0.446. The maximum absolute atomic E-state index is 12.3. The van der Waals surface area contributed by atoms with Crippen LogP contribution >= 0.6 is 0 Å². The largest absolute Gasteiger partial charge is 0.456 e. The highest BCUT2D eigenvalue weighted by Crippen LogP contribution is 2.23. The summed E-state index contributed by atoms with van der Waals surface area (Å²) in [7, 11) is 0. The Balaban J connectivity index is 1.46. The molecule has 2 aromatic rings. The number of hydrogen-bond donors (Lipinski definition) is 0. The third-order valence-electron chi connectivity index (χ3n) is 4.33. The fourth-order valence-corrected chi connectivity index (χ4v) is 2.88. The molecule has 25 heavy (non-hydrogen) atoms. The van der Waals surface area contributed by atoms with Gasteiger partial charge in [-0.2, -0.15) is 4.98 Å². The summed E-state index contributed by atoms with van der Waals surface area (Å²) in [5.41, 5.74) is 3.26. The first-order valence-electron chi connectivity index (χ1n) is 8.66. The number of aryl methyl sites for hydroxylation is 2. The second kappa shape index (κ2) is 7.59. The zero-order valence-corrected chi connectivity index (χ0v) is 14.6. The van der Waals surface area contributed by atoms with Crippen LogP contribution in [-0.4, -0.2) is 21.9 Å². The van der Waals surface area contributed by atoms with Crippen LogP contribution in [0.5, 0.6) is 0 Å². The van der Waals surface area contributed by atoms with Crippen molar-refractivity contribution in [2.75, 3.05) is 0 Å². The van der Waals surface area contributed by atoms with Crippen LogP contribution in [0.3, 0.4) is 0 Å². The van der Waals surface area contributed by atoms with Crippen LogP contribution in [0.2, 0.25) is 0 Å². The van der Waals surface area contributed by atoms with Crippen molar-refractivity contribution in [3.63, 3.8) is 0 Å². The van der Waals surface area contributed by atoms with Gasteiger partial charge in [0.25, 0.3) is 5.89 Å². The lowest BCUT2D eigenvalue weighted by Crippen LogP contribution is -2.09. The number of ketones is 1. The van der Waals surface area contributed by atoms with Gasteiger partial charge in [0, 0.05) is 17.9 Å². The lowest BCUT2D eigenvalue weighted by Gasteiger charge is -2.05. The second-order valence-corrected chi connectivity index (χ2v) is 6.62. The molecule has 0 atom stereocenters. The third kappa shape index (κ3) is 4.32. The summed E-state index contributed by atoms with van der Waals surface area (Å²) in [4.78, 5) is 28.2. The minimum absolute atomic E-state index is 0.0356. The van der Waals surface area contributed by atoms with Crippen LogP contribution in [0.1, 0.15) is 72.2 Å². The first kappa shape index (κ1) is 17.3. The van der Waals surface area contributed by atoms with Crippen molar-refractivity contribution in [1.82, 2.24) is 10.1 Å². The van der Waals surface area contributed by atoms with Crippen molar-refractivity contribution in [2.45, 2.75) is 58.5 Å². The van der Waals surface area contributed by atoms with E-state index < -0.39 is 5.97 Å². The number of rotatable bonds is 7.